The molecule has 0 radical (unpaired) electrons. The largest absolute Gasteiger partial charge is 0.219 e. The summed E-state index contributed by atoms with van der Waals surface area (Å²) in [4.78, 5) is 0. The van der Waals surface area contributed by atoms with Crippen LogP contribution in [0.15, 0.2) is 0 Å². The van der Waals surface area contributed by atoms with Crippen LogP contribution in [0.4, 0.5) is 4.39 Å². The summed E-state index contributed by atoms with van der Waals surface area (Å²) in [6.45, 7) is 2.14. The lowest BCUT2D eigenvalue weighted by Crippen LogP contribution is -2.00. The lowest BCUT2D eigenvalue weighted by molar-refractivity contribution is 0.392. The summed E-state index contributed by atoms with van der Waals surface area (Å²) >= 11 is 5.76. The summed E-state index contributed by atoms with van der Waals surface area (Å²) in [6, 6.07) is 0. The first-order valence-electron chi connectivity index (χ1n) is 3.63. The van der Waals surface area contributed by atoms with Gasteiger partial charge in [0.15, 0.2) is 0 Å². The molecule has 0 saturated heterocycles. The molecule has 3 heteroatoms. The van der Waals surface area contributed by atoms with Gasteiger partial charge in [-0.25, -0.2) is 4.39 Å². The summed E-state index contributed by atoms with van der Waals surface area (Å²) in [5, 5.41) is 0. The summed E-state index contributed by atoms with van der Waals surface area (Å²) in [6.07, 6.45) is 5.02. The van der Waals surface area contributed by atoms with Gasteiger partial charge in [0.1, 0.15) is 0 Å². The van der Waals surface area contributed by atoms with E-state index < -0.39 is 3.49 Å². The van der Waals surface area contributed by atoms with Crippen LogP contribution in [-0.2, 0) is 0 Å². The van der Waals surface area contributed by atoms with Crippen molar-refractivity contribution in [3.8, 4) is 0 Å². The van der Waals surface area contributed by atoms with E-state index in [0.717, 1.165) is 12.8 Å². The minimum Gasteiger partial charge on any atom is -0.219 e. The molecule has 0 bridgehead atoms. The molecular formula is C7H13Br2F. The Morgan fingerprint density at radius 1 is 1.20 bits per heavy atom. The zero-order chi connectivity index (χ0) is 8.04. The first kappa shape index (κ1) is 10.9. The zero-order valence-electron chi connectivity index (χ0n) is 6.17. The average Bonchev–Trinajstić information content (AvgIpc) is 1.78. The standard InChI is InChI=1S/C7H13Br2F/c1-2-3-4-5-6-7(8,9)10/h2-6H2,1H3. The Hall–Kier alpha value is 0.890. The normalized spacial score (nSPS) is 12.0. The Morgan fingerprint density at radius 2 is 1.80 bits per heavy atom. The van der Waals surface area contributed by atoms with Crippen molar-refractivity contribution in [3.63, 3.8) is 0 Å². The van der Waals surface area contributed by atoms with Crippen LogP contribution in [0.5, 0.6) is 0 Å². The van der Waals surface area contributed by atoms with Crippen LogP contribution < -0.4 is 0 Å². The quantitative estimate of drug-likeness (QED) is 0.516. The Labute approximate surface area is 78.8 Å². The minimum atomic E-state index is -1.33. The van der Waals surface area contributed by atoms with Crippen molar-refractivity contribution in [2.24, 2.45) is 0 Å². The van der Waals surface area contributed by atoms with Crippen molar-refractivity contribution in [2.75, 3.05) is 0 Å². The van der Waals surface area contributed by atoms with Gasteiger partial charge in [-0.1, -0.05) is 26.2 Å². The Bertz CT molecular complexity index is 78.2. The number of hydrogen-bond donors (Lipinski definition) is 0. The Kier molecular flexibility index (Phi) is 6.02. The molecule has 0 aromatic carbocycles. The molecule has 0 fully saturated rings. The molecule has 0 aliphatic carbocycles. The van der Waals surface area contributed by atoms with Crippen molar-refractivity contribution in [3.05, 3.63) is 0 Å². The molecule has 0 aromatic rings. The molecule has 0 N–H and O–H groups in total. The molecule has 0 spiro atoms. The van der Waals surface area contributed by atoms with E-state index in [1.165, 1.54) is 12.8 Å². The Balaban J connectivity index is 3.04. The van der Waals surface area contributed by atoms with Crippen LogP contribution in [-0.4, -0.2) is 3.49 Å². The fourth-order valence-corrected chi connectivity index (χ4v) is 1.31. The van der Waals surface area contributed by atoms with Crippen LogP contribution in [0.25, 0.3) is 0 Å². The van der Waals surface area contributed by atoms with Crippen LogP contribution >= 0.6 is 31.9 Å². The zero-order valence-corrected chi connectivity index (χ0v) is 9.34. The van der Waals surface area contributed by atoms with E-state index in [2.05, 4.69) is 38.8 Å². The van der Waals surface area contributed by atoms with Gasteiger partial charge in [-0.2, -0.15) is 0 Å². The van der Waals surface area contributed by atoms with Gasteiger partial charge in [0, 0.05) is 6.42 Å². The van der Waals surface area contributed by atoms with Crippen LogP contribution in [0.2, 0.25) is 0 Å². The molecule has 0 aromatic heterocycles. The van der Waals surface area contributed by atoms with Crippen LogP contribution in [0.3, 0.4) is 0 Å². The number of hydrogen-bond acceptors (Lipinski definition) is 0. The third-order valence-electron chi connectivity index (χ3n) is 1.31. The third-order valence-corrected chi connectivity index (χ3v) is 2.11. The summed E-state index contributed by atoms with van der Waals surface area (Å²) in [5.41, 5.74) is 0. The molecule has 0 rings (SSSR count). The van der Waals surface area contributed by atoms with Crippen molar-refractivity contribution in [2.45, 2.75) is 42.5 Å². The summed E-state index contributed by atoms with van der Waals surface area (Å²) < 4.78 is 11.3. The predicted molar refractivity (Wildman–Crippen MR) is 50.5 cm³/mol. The number of unbranched alkanes of at least 4 members (excludes halogenated alkanes) is 3. The lowest BCUT2D eigenvalue weighted by atomic mass is 10.2. The number of alkyl halides is 3. The van der Waals surface area contributed by atoms with Crippen molar-refractivity contribution in [1.82, 2.24) is 0 Å². The first-order chi connectivity index (χ1) is 4.56. The number of rotatable bonds is 5. The molecule has 10 heavy (non-hydrogen) atoms. The molecule has 62 valence electrons. The van der Waals surface area contributed by atoms with Gasteiger partial charge < -0.3 is 0 Å². The van der Waals surface area contributed by atoms with Crippen molar-refractivity contribution < 1.29 is 4.39 Å². The van der Waals surface area contributed by atoms with Crippen LogP contribution in [0.1, 0.15) is 39.0 Å². The topological polar surface area (TPSA) is 0 Å². The van der Waals surface area contributed by atoms with Crippen molar-refractivity contribution in [1.29, 1.82) is 0 Å². The SMILES string of the molecule is CCCCCCC(F)(Br)Br. The maximum atomic E-state index is 12.6. The van der Waals surface area contributed by atoms with Gasteiger partial charge in [0.05, 0.1) is 0 Å². The van der Waals surface area contributed by atoms with E-state index >= 15 is 0 Å². The van der Waals surface area contributed by atoms with Crippen LogP contribution in [0, 0.1) is 0 Å². The van der Waals surface area contributed by atoms with Gasteiger partial charge in [-0.05, 0) is 38.3 Å². The third kappa shape index (κ3) is 8.89. The molecule has 0 nitrogen and oxygen atoms in total. The second-order valence-corrected chi connectivity index (χ2v) is 6.00. The highest BCUT2D eigenvalue weighted by Gasteiger charge is 2.18. The molecule has 0 atom stereocenters. The fourth-order valence-electron chi connectivity index (χ4n) is 0.752. The van der Waals surface area contributed by atoms with E-state index in [9.17, 15) is 4.39 Å². The van der Waals surface area contributed by atoms with E-state index in [0.29, 0.717) is 6.42 Å². The molecule has 0 aliphatic heterocycles. The second kappa shape index (κ2) is 5.53. The molecule has 0 saturated carbocycles. The van der Waals surface area contributed by atoms with E-state index in [4.69, 9.17) is 0 Å². The smallest absolute Gasteiger partial charge is 0.218 e. The van der Waals surface area contributed by atoms with Gasteiger partial charge in [-0.15, -0.1) is 0 Å². The van der Waals surface area contributed by atoms with E-state index in [1.54, 1.807) is 0 Å². The van der Waals surface area contributed by atoms with E-state index in [1.807, 2.05) is 0 Å². The maximum absolute atomic E-state index is 12.6. The molecule has 0 unspecified atom stereocenters. The first-order valence-corrected chi connectivity index (χ1v) is 5.21. The molecule has 0 heterocycles. The van der Waals surface area contributed by atoms with E-state index in [-0.39, 0.29) is 0 Å². The highest BCUT2D eigenvalue weighted by atomic mass is 79.9. The molecule has 0 aliphatic rings. The van der Waals surface area contributed by atoms with Gasteiger partial charge in [0.2, 0.25) is 3.49 Å². The van der Waals surface area contributed by atoms with Gasteiger partial charge >= 0.3 is 0 Å². The number of halogens is 3. The fraction of sp³-hybridized carbons (Fsp3) is 1.00. The Morgan fingerprint density at radius 3 is 2.20 bits per heavy atom. The van der Waals surface area contributed by atoms with Gasteiger partial charge in [-0.3, -0.25) is 0 Å². The molecule has 0 amide bonds. The minimum absolute atomic E-state index is 0.549. The highest BCUT2D eigenvalue weighted by Crippen LogP contribution is 2.33. The predicted octanol–water partition coefficient (Wildman–Crippen LogP) is 4.37. The lowest BCUT2D eigenvalue weighted by Gasteiger charge is -2.08. The summed E-state index contributed by atoms with van der Waals surface area (Å²) in [7, 11) is 0. The average molecular weight is 276 g/mol. The monoisotopic (exact) mass is 274 g/mol. The molecular weight excluding hydrogens is 263 g/mol. The van der Waals surface area contributed by atoms with Crippen molar-refractivity contribution >= 4 is 31.9 Å². The highest BCUT2D eigenvalue weighted by molar-refractivity contribution is 9.25. The maximum Gasteiger partial charge on any atom is 0.218 e. The van der Waals surface area contributed by atoms with Gasteiger partial charge in [0.25, 0.3) is 0 Å². The second-order valence-electron chi connectivity index (χ2n) is 2.43. The summed E-state index contributed by atoms with van der Waals surface area (Å²) in [5.74, 6) is 0.